The largest absolute Gasteiger partial charge is 0.462 e. The molecule has 0 aliphatic carbocycles. The molecule has 332 valence electrons. The highest BCUT2D eigenvalue weighted by molar-refractivity contribution is 5.71. The molecule has 0 fully saturated rings. The van der Waals surface area contributed by atoms with Crippen molar-refractivity contribution in [2.24, 2.45) is 0 Å². The van der Waals surface area contributed by atoms with Crippen LogP contribution < -0.4 is 0 Å². The van der Waals surface area contributed by atoms with Gasteiger partial charge in [0, 0.05) is 19.3 Å². The smallest absolute Gasteiger partial charge is 0.306 e. The minimum atomic E-state index is -0.818. The highest BCUT2D eigenvalue weighted by Crippen LogP contribution is 2.12. The summed E-state index contributed by atoms with van der Waals surface area (Å²) in [6.45, 7) is 6.24. The van der Waals surface area contributed by atoms with Gasteiger partial charge in [-0.15, -0.1) is 0 Å². The molecule has 0 aromatic rings. The Balaban J connectivity index is 4.51. The summed E-state index contributed by atoms with van der Waals surface area (Å²) < 4.78 is 16.6. The number of unbranched alkanes of at least 4 members (excludes halogenated alkanes) is 13. The molecular weight excluding hydrogens is 733 g/mol. The van der Waals surface area contributed by atoms with Gasteiger partial charge in [-0.1, -0.05) is 182 Å². The van der Waals surface area contributed by atoms with E-state index in [0.29, 0.717) is 25.7 Å². The highest BCUT2D eigenvalue weighted by Gasteiger charge is 2.19. The highest BCUT2D eigenvalue weighted by atomic mass is 16.6. The summed E-state index contributed by atoms with van der Waals surface area (Å²) in [7, 11) is 0. The Labute approximate surface area is 361 Å². The number of allylic oxidation sites excluding steroid dienone is 18. The molecular formula is C53H84O6. The van der Waals surface area contributed by atoms with Gasteiger partial charge in [0.15, 0.2) is 6.10 Å². The van der Waals surface area contributed by atoms with E-state index in [4.69, 9.17) is 14.2 Å². The molecule has 0 saturated carbocycles. The van der Waals surface area contributed by atoms with E-state index in [-0.39, 0.29) is 37.5 Å². The average Bonchev–Trinajstić information content (AvgIpc) is 3.23. The fourth-order valence-electron chi connectivity index (χ4n) is 5.83. The topological polar surface area (TPSA) is 78.9 Å². The van der Waals surface area contributed by atoms with Gasteiger partial charge >= 0.3 is 17.9 Å². The SMILES string of the molecule is CC\C=C/C=C\C=C/CCCCCCCCCC(=O)OC(COC(=O)CCC/C=C\C/C=C\C/C=C\C/C=C\C/C=C\CC)COC(=O)CCC/C=C\CCCCCC. The number of ether oxygens (including phenoxy) is 3. The van der Waals surface area contributed by atoms with E-state index in [1.54, 1.807) is 0 Å². The lowest BCUT2D eigenvalue weighted by molar-refractivity contribution is -0.167. The number of carbonyl (C=O) groups is 3. The van der Waals surface area contributed by atoms with Crippen molar-refractivity contribution in [1.29, 1.82) is 0 Å². The van der Waals surface area contributed by atoms with Crippen LogP contribution in [0.1, 0.15) is 188 Å². The van der Waals surface area contributed by atoms with Crippen LogP contribution in [-0.2, 0) is 28.6 Å². The van der Waals surface area contributed by atoms with Crippen molar-refractivity contribution in [3.63, 3.8) is 0 Å². The second-order valence-electron chi connectivity index (χ2n) is 15.0. The Hall–Kier alpha value is -3.93. The first-order chi connectivity index (χ1) is 29.0. The molecule has 1 atom stereocenters. The molecule has 0 aromatic heterocycles. The fourth-order valence-corrected chi connectivity index (χ4v) is 5.83. The number of carbonyl (C=O) groups excluding carboxylic acids is 3. The first kappa shape index (κ1) is 55.1. The van der Waals surface area contributed by atoms with Crippen molar-refractivity contribution < 1.29 is 28.6 Å². The second-order valence-corrected chi connectivity index (χ2v) is 15.0. The van der Waals surface area contributed by atoms with Crippen molar-refractivity contribution in [3.8, 4) is 0 Å². The molecule has 0 aliphatic heterocycles. The molecule has 0 aromatic carbocycles. The Bertz CT molecular complexity index is 1260. The lowest BCUT2D eigenvalue weighted by atomic mass is 10.1. The van der Waals surface area contributed by atoms with Crippen LogP contribution in [0.5, 0.6) is 0 Å². The van der Waals surface area contributed by atoms with Gasteiger partial charge in [-0.3, -0.25) is 14.4 Å². The maximum absolute atomic E-state index is 12.7. The van der Waals surface area contributed by atoms with Crippen LogP contribution in [0, 0.1) is 0 Å². The van der Waals surface area contributed by atoms with Gasteiger partial charge in [-0.25, -0.2) is 0 Å². The van der Waals surface area contributed by atoms with E-state index in [2.05, 4.69) is 130 Å². The predicted octanol–water partition coefficient (Wildman–Crippen LogP) is 15.2. The minimum Gasteiger partial charge on any atom is -0.462 e. The lowest BCUT2D eigenvalue weighted by Crippen LogP contribution is -2.30. The normalized spacial score (nSPS) is 13.1. The van der Waals surface area contributed by atoms with E-state index in [9.17, 15) is 14.4 Å². The van der Waals surface area contributed by atoms with Gasteiger partial charge in [-0.2, -0.15) is 0 Å². The molecule has 6 heteroatoms. The summed E-state index contributed by atoms with van der Waals surface area (Å²) in [6, 6.07) is 0. The second kappa shape index (κ2) is 46.8. The summed E-state index contributed by atoms with van der Waals surface area (Å²) >= 11 is 0. The van der Waals surface area contributed by atoms with Crippen molar-refractivity contribution >= 4 is 17.9 Å². The van der Waals surface area contributed by atoms with Gasteiger partial charge in [0.1, 0.15) is 13.2 Å². The molecule has 0 N–H and O–H groups in total. The van der Waals surface area contributed by atoms with Crippen LogP contribution in [0.2, 0.25) is 0 Å². The Kier molecular flexibility index (Phi) is 43.6. The van der Waals surface area contributed by atoms with E-state index in [1.807, 2.05) is 0 Å². The van der Waals surface area contributed by atoms with Crippen molar-refractivity contribution in [2.45, 2.75) is 194 Å². The van der Waals surface area contributed by atoms with Crippen LogP contribution in [0.25, 0.3) is 0 Å². The Morgan fingerprint density at radius 2 is 0.763 bits per heavy atom. The lowest BCUT2D eigenvalue weighted by Gasteiger charge is -2.18. The first-order valence-electron chi connectivity index (χ1n) is 23.4. The van der Waals surface area contributed by atoms with Gasteiger partial charge in [-0.05, 0) is 96.3 Å². The van der Waals surface area contributed by atoms with E-state index in [0.717, 1.165) is 89.9 Å². The zero-order chi connectivity index (χ0) is 43.0. The van der Waals surface area contributed by atoms with E-state index >= 15 is 0 Å². The monoisotopic (exact) mass is 817 g/mol. The molecule has 0 bridgehead atoms. The Morgan fingerprint density at radius 1 is 0.373 bits per heavy atom. The summed E-state index contributed by atoms with van der Waals surface area (Å²) in [5.41, 5.74) is 0. The maximum atomic E-state index is 12.7. The van der Waals surface area contributed by atoms with Crippen LogP contribution in [0.15, 0.2) is 109 Å². The molecule has 0 radical (unpaired) electrons. The molecule has 0 heterocycles. The number of hydrogen-bond donors (Lipinski definition) is 0. The van der Waals surface area contributed by atoms with Gasteiger partial charge < -0.3 is 14.2 Å². The summed E-state index contributed by atoms with van der Waals surface area (Å²) in [6.07, 6.45) is 62.3. The molecule has 0 rings (SSSR count). The van der Waals surface area contributed by atoms with Crippen molar-refractivity contribution in [3.05, 3.63) is 109 Å². The van der Waals surface area contributed by atoms with Crippen LogP contribution in [0.3, 0.4) is 0 Å². The molecule has 59 heavy (non-hydrogen) atoms. The molecule has 0 saturated heterocycles. The molecule has 0 spiro atoms. The van der Waals surface area contributed by atoms with Gasteiger partial charge in [0.25, 0.3) is 0 Å². The maximum Gasteiger partial charge on any atom is 0.306 e. The van der Waals surface area contributed by atoms with Crippen molar-refractivity contribution in [2.75, 3.05) is 13.2 Å². The van der Waals surface area contributed by atoms with Crippen LogP contribution >= 0.6 is 0 Å². The number of esters is 3. The standard InChI is InChI=1S/C53H84O6/c1-4-7-10-13-16-19-21-23-25-26-28-29-31-34-37-40-43-46-52(55)58-49-50(48-57-51(54)45-42-39-36-33-18-15-12-9-6-3)59-53(56)47-44-41-38-35-32-30-27-24-22-20-17-14-11-8-5-2/h7-8,10-11,14,16-17,19-20,22-23,25,28-29,33-34,36-37,50H,4-6,9,12-13,15,18,21,24,26-27,30-32,35,38-49H2,1-3H3/b10-7-,11-8-,17-14-,19-16-,22-20-,25-23-,29-28-,36-33-,37-34-. The number of hydrogen-bond acceptors (Lipinski definition) is 6. The fraction of sp³-hybridized carbons (Fsp3) is 0.604. The minimum absolute atomic E-state index is 0.119. The Morgan fingerprint density at radius 3 is 1.29 bits per heavy atom. The third-order valence-corrected chi connectivity index (χ3v) is 9.30. The quantitative estimate of drug-likeness (QED) is 0.0201. The summed E-state index contributed by atoms with van der Waals surface area (Å²) in [5, 5.41) is 0. The van der Waals surface area contributed by atoms with Crippen molar-refractivity contribution in [1.82, 2.24) is 0 Å². The third-order valence-electron chi connectivity index (χ3n) is 9.30. The zero-order valence-electron chi connectivity index (χ0n) is 37.7. The first-order valence-corrected chi connectivity index (χ1v) is 23.4. The van der Waals surface area contributed by atoms with Gasteiger partial charge in [0.2, 0.25) is 0 Å². The van der Waals surface area contributed by atoms with E-state index < -0.39 is 6.10 Å². The van der Waals surface area contributed by atoms with Gasteiger partial charge in [0.05, 0.1) is 0 Å². The van der Waals surface area contributed by atoms with Crippen LogP contribution in [0.4, 0.5) is 0 Å². The summed E-state index contributed by atoms with van der Waals surface area (Å²) in [5.74, 6) is -1.03. The van der Waals surface area contributed by atoms with E-state index in [1.165, 1.54) is 44.9 Å². The predicted molar refractivity (Wildman–Crippen MR) is 251 cm³/mol. The number of rotatable bonds is 40. The molecule has 1 unspecified atom stereocenters. The average molecular weight is 817 g/mol. The molecule has 0 amide bonds. The zero-order valence-corrected chi connectivity index (χ0v) is 37.7. The molecule has 6 nitrogen and oxygen atoms in total. The summed E-state index contributed by atoms with van der Waals surface area (Å²) in [4.78, 5) is 37.7. The third kappa shape index (κ3) is 45.0. The molecule has 0 aliphatic rings. The van der Waals surface area contributed by atoms with Crippen LogP contribution in [-0.4, -0.2) is 37.2 Å².